The molecule has 4 heterocycles. The van der Waals surface area contributed by atoms with Crippen LogP contribution >= 0.6 is 0 Å². The number of rotatable bonds is 4. The topological polar surface area (TPSA) is 110 Å². The molecule has 1 aromatic carbocycles. The van der Waals surface area contributed by atoms with Gasteiger partial charge in [-0.25, -0.2) is 18.7 Å². The summed E-state index contributed by atoms with van der Waals surface area (Å²) in [6.45, 7) is -0.392. The fourth-order valence-electron chi connectivity index (χ4n) is 4.75. The summed E-state index contributed by atoms with van der Waals surface area (Å²) >= 11 is 0. The second-order valence-electron chi connectivity index (χ2n) is 8.85. The molecule has 0 aliphatic carbocycles. The molecule has 9 nitrogen and oxygen atoms in total. The van der Waals surface area contributed by atoms with E-state index in [4.69, 9.17) is 5.73 Å². The molecule has 2 amide bonds. The molecular formula is C22H20F5N7O2. The summed E-state index contributed by atoms with van der Waals surface area (Å²) in [4.78, 5) is 35.2. The third kappa shape index (κ3) is 4.20. The number of carbonyl (C=O) groups excluding carboxylic acids is 2. The summed E-state index contributed by atoms with van der Waals surface area (Å²) in [7, 11) is 0. The molecule has 2 aromatic heterocycles. The number of aromatic nitrogens is 4. The number of nitrogens with two attached hydrogens (primary N) is 1. The number of halogens is 5. The van der Waals surface area contributed by atoms with Crippen LogP contribution in [0, 0.1) is 11.6 Å². The number of alkyl halides is 3. The lowest BCUT2D eigenvalue weighted by Crippen LogP contribution is -2.49. The highest BCUT2D eigenvalue weighted by Gasteiger charge is 2.47. The van der Waals surface area contributed by atoms with E-state index in [0.717, 1.165) is 22.0 Å². The van der Waals surface area contributed by atoms with Crippen molar-refractivity contribution >= 4 is 28.5 Å². The second kappa shape index (κ2) is 8.68. The van der Waals surface area contributed by atoms with Crippen LogP contribution in [0.5, 0.6) is 0 Å². The van der Waals surface area contributed by atoms with Gasteiger partial charge in [0, 0.05) is 43.8 Å². The summed E-state index contributed by atoms with van der Waals surface area (Å²) in [6, 6.07) is 1.08. The molecule has 0 unspecified atom stereocenters. The van der Waals surface area contributed by atoms with Gasteiger partial charge in [-0.2, -0.15) is 18.3 Å². The minimum absolute atomic E-state index is 0.0404. The third-order valence-electron chi connectivity index (χ3n) is 6.50. The van der Waals surface area contributed by atoms with Gasteiger partial charge < -0.3 is 15.5 Å². The Morgan fingerprint density at radius 3 is 2.56 bits per heavy atom. The van der Waals surface area contributed by atoms with Gasteiger partial charge in [0.15, 0.2) is 0 Å². The van der Waals surface area contributed by atoms with E-state index < -0.39 is 48.1 Å². The maximum absolute atomic E-state index is 14.8. The Bertz CT molecular complexity index is 1350. The number of benzene rings is 1. The summed E-state index contributed by atoms with van der Waals surface area (Å²) in [5.41, 5.74) is 5.81. The van der Waals surface area contributed by atoms with E-state index in [-0.39, 0.29) is 60.6 Å². The van der Waals surface area contributed by atoms with Crippen LogP contribution in [0.1, 0.15) is 34.9 Å². The highest BCUT2D eigenvalue weighted by Crippen LogP contribution is 2.36. The van der Waals surface area contributed by atoms with E-state index in [0.29, 0.717) is 6.07 Å². The van der Waals surface area contributed by atoms with Crippen molar-refractivity contribution in [2.45, 2.75) is 37.5 Å². The van der Waals surface area contributed by atoms with Gasteiger partial charge in [-0.05, 0) is 12.8 Å². The lowest BCUT2D eigenvalue weighted by molar-refractivity contribution is -0.183. The normalized spacial score (nSPS) is 18.6. The Labute approximate surface area is 200 Å². The zero-order chi connectivity index (χ0) is 25.8. The first-order valence-electron chi connectivity index (χ1n) is 11.1. The van der Waals surface area contributed by atoms with Crippen molar-refractivity contribution in [3.05, 3.63) is 47.5 Å². The summed E-state index contributed by atoms with van der Waals surface area (Å²) < 4.78 is 69.8. The van der Waals surface area contributed by atoms with Gasteiger partial charge in [-0.3, -0.25) is 14.3 Å². The first-order chi connectivity index (χ1) is 17.0. The third-order valence-corrected chi connectivity index (χ3v) is 6.50. The van der Waals surface area contributed by atoms with Gasteiger partial charge in [0.25, 0.3) is 5.91 Å². The van der Waals surface area contributed by atoms with Gasteiger partial charge in [-0.1, -0.05) is 0 Å². The SMILES string of the molecule is Nc1cc(C(=O)N2CC(c3nn(CC(=O)N4CCC[C@H]4C(F)(F)F)c4cc(F)cc(F)c34)C2)ncn1. The number of nitrogen functional groups attached to an aromatic ring is 1. The van der Waals surface area contributed by atoms with Crippen molar-refractivity contribution in [3.63, 3.8) is 0 Å². The van der Waals surface area contributed by atoms with Crippen LogP contribution in [0.2, 0.25) is 0 Å². The fraction of sp³-hybridized carbons (Fsp3) is 0.409. The Hall–Kier alpha value is -3.84. The van der Waals surface area contributed by atoms with Crippen LogP contribution in [0.15, 0.2) is 24.5 Å². The lowest BCUT2D eigenvalue weighted by atomic mass is 9.93. The zero-order valence-corrected chi connectivity index (χ0v) is 18.7. The molecule has 2 N–H and O–H groups in total. The molecule has 0 spiro atoms. The van der Waals surface area contributed by atoms with Crippen molar-refractivity contribution in [1.82, 2.24) is 29.5 Å². The Balaban J connectivity index is 1.40. The summed E-state index contributed by atoms with van der Waals surface area (Å²) in [5, 5.41) is 4.25. The van der Waals surface area contributed by atoms with E-state index in [9.17, 15) is 31.5 Å². The van der Waals surface area contributed by atoms with Crippen LogP contribution in [0.4, 0.5) is 27.8 Å². The number of anilines is 1. The molecule has 2 aliphatic rings. The molecule has 2 saturated heterocycles. The smallest absolute Gasteiger partial charge is 0.384 e. The number of amides is 2. The quantitative estimate of drug-likeness (QED) is 0.542. The second-order valence-corrected chi connectivity index (χ2v) is 8.85. The molecule has 2 fully saturated rings. The Morgan fingerprint density at radius 1 is 1.11 bits per heavy atom. The van der Waals surface area contributed by atoms with Crippen molar-refractivity contribution in [2.75, 3.05) is 25.4 Å². The standard InChI is InChI=1S/C22H20F5N7O2/c23-12-4-13(24)19-15(5-12)34(9-18(35)33-3-1-2-16(33)22(25,26)27)31-20(19)11-7-32(8-11)21(36)14-6-17(28)30-10-29-14/h4-6,10-11,16H,1-3,7-9H2,(H2,28,29,30)/t16-/m0/s1. The number of fused-ring (bicyclic) bond motifs is 1. The molecule has 5 rings (SSSR count). The number of hydrogen-bond acceptors (Lipinski definition) is 6. The zero-order valence-electron chi connectivity index (χ0n) is 18.7. The minimum atomic E-state index is -4.57. The lowest BCUT2D eigenvalue weighted by Gasteiger charge is -2.38. The van der Waals surface area contributed by atoms with Gasteiger partial charge >= 0.3 is 6.18 Å². The number of hydrogen-bond donors (Lipinski definition) is 1. The average Bonchev–Trinajstić information content (AvgIpc) is 3.39. The number of nitrogens with zero attached hydrogens (tertiary/aromatic N) is 6. The van der Waals surface area contributed by atoms with E-state index >= 15 is 0 Å². The molecular weight excluding hydrogens is 489 g/mol. The maximum atomic E-state index is 14.8. The van der Waals surface area contributed by atoms with Crippen LogP contribution < -0.4 is 5.73 Å². The predicted octanol–water partition coefficient (Wildman–Crippen LogP) is 2.48. The molecule has 0 saturated carbocycles. The van der Waals surface area contributed by atoms with Crippen LogP contribution in [0.3, 0.4) is 0 Å². The molecule has 36 heavy (non-hydrogen) atoms. The average molecular weight is 509 g/mol. The fourth-order valence-corrected chi connectivity index (χ4v) is 4.75. The minimum Gasteiger partial charge on any atom is -0.384 e. The van der Waals surface area contributed by atoms with E-state index in [1.807, 2.05) is 0 Å². The van der Waals surface area contributed by atoms with E-state index in [2.05, 4.69) is 15.1 Å². The van der Waals surface area contributed by atoms with Crippen molar-refractivity contribution in [3.8, 4) is 0 Å². The van der Waals surface area contributed by atoms with E-state index in [1.165, 1.54) is 11.0 Å². The van der Waals surface area contributed by atoms with Crippen LogP contribution in [-0.2, 0) is 11.3 Å². The van der Waals surface area contributed by atoms with Crippen molar-refractivity contribution < 1.29 is 31.5 Å². The van der Waals surface area contributed by atoms with Crippen molar-refractivity contribution in [1.29, 1.82) is 0 Å². The highest BCUT2D eigenvalue weighted by atomic mass is 19.4. The first-order valence-corrected chi connectivity index (χ1v) is 11.1. The molecule has 0 bridgehead atoms. The van der Waals surface area contributed by atoms with Crippen LogP contribution in [-0.4, -0.2) is 73.2 Å². The predicted molar refractivity (Wildman–Crippen MR) is 116 cm³/mol. The van der Waals surface area contributed by atoms with Gasteiger partial charge in [-0.15, -0.1) is 0 Å². The van der Waals surface area contributed by atoms with Gasteiger partial charge in [0.05, 0.1) is 16.6 Å². The molecule has 2 aliphatic heterocycles. The van der Waals surface area contributed by atoms with Gasteiger partial charge in [0.2, 0.25) is 5.91 Å². The molecule has 14 heteroatoms. The van der Waals surface area contributed by atoms with E-state index in [1.54, 1.807) is 0 Å². The molecule has 3 aromatic rings. The molecule has 190 valence electrons. The Kier molecular flexibility index (Phi) is 5.75. The Morgan fingerprint density at radius 2 is 1.86 bits per heavy atom. The largest absolute Gasteiger partial charge is 0.408 e. The first kappa shape index (κ1) is 23.9. The monoisotopic (exact) mass is 509 g/mol. The molecule has 0 radical (unpaired) electrons. The number of carbonyl (C=O) groups is 2. The molecule has 1 atom stereocenters. The summed E-state index contributed by atoms with van der Waals surface area (Å²) in [6.07, 6.45) is -3.42. The van der Waals surface area contributed by atoms with Crippen LogP contribution in [0.25, 0.3) is 10.9 Å². The number of likely N-dealkylation sites (tertiary alicyclic amines) is 2. The van der Waals surface area contributed by atoms with Crippen molar-refractivity contribution in [2.24, 2.45) is 0 Å². The van der Waals surface area contributed by atoms with Gasteiger partial charge in [0.1, 0.15) is 42.1 Å². The highest BCUT2D eigenvalue weighted by molar-refractivity contribution is 5.94. The maximum Gasteiger partial charge on any atom is 0.408 e. The summed E-state index contributed by atoms with van der Waals surface area (Å²) in [5.74, 6) is -3.42.